The number of allylic oxidation sites excluding steroid dienone is 1. The van der Waals surface area contributed by atoms with Crippen molar-refractivity contribution < 1.29 is 31.8 Å². The van der Waals surface area contributed by atoms with E-state index in [0.717, 1.165) is 21.9 Å². The monoisotopic (exact) mass is 558 g/mol. The number of urea groups is 1. The van der Waals surface area contributed by atoms with Crippen LogP contribution < -0.4 is 10.2 Å². The van der Waals surface area contributed by atoms with Gasteiger partial charge in [0.05, 0.1) is 28.9 Å². The van der Waals surface area contributed by atoms with E-state index in [1.165, 1.54) is 30.5 Å². The molecule has 0 saturated carbocycles. The first kappa shape index (κ1) is 28.0. The van der Waals surface area contributed by atoms with Crippen LogP contribution in [0.1, 0.15) is 42.0 Å². The maximum Gasteiger partial charge on any atom is 0.416 e. The molecule has 4 rings (SSSR count). The molecule has 2 aromatic carbocycles. The second-order valence-electron chi connectivity index (χ2n) is 9.19. The average Bonchev–Trinajstić information content (AvgIpc) is 2.89. The van der Waals surface area contributed by atoms with Gasteiger partial charge in [0, 0.05) is 47.0 Å². The van der Waals surface area contributed by atoms with E-state index < -0.39 is 47.1 Å². The number of rotatable bonds is 7. The van der Waals surface area contributed by atoms with Crippen molar-refractivity contribution in [2.24, 2.45) is 0 Å². The van der Waals surface area contributed by atoms with E-state index in [-0.39, 0.29) is 42.2 Å². The van der Waals surface area contributed by atoms with Crippen molar-refractivity contribution in [1.29, 1.82) is 5.26 Å². The van der Waals surface area contributed by atoms with Gasteiger partial charge < -0.3 is 10.2 Å². The molecule has 0 spiro atoms. The summed E-state index contributed by atoms with van der Waals surface area (Å²) in [5.74, 6) is -0.659. The van der Waals surface area contributed by atoms with Gasteiger partial charge in [-0.3, -0.25) is 18.7 Å². The Morgan fingerprint density at radius 2 is 1.87 bits per heavy atom. The molecule has 39 heavy (non-hydrogen) atoms. The van der Waals surface area contributed by atoms with Gasteiger partial charge in [0.1, 0.15) is 6.54 Å². The fourth-order valence-electron chi connectivity index (χ4n) is 4.78. The number of nitrogens with one attached hydrogen (secondary N) is 1. The van der Waals surface area contributed by atoms with Gasteiger partial charge in [-0.1, -0.05) is 18.2 Å². The topological polar surface area (TPSA) is 111 Å². The number of hydrogen-bond acceptors (Lipinski definition) is 5. The smallest absolute Gasteiger partial charge is 0.354 e. The standard InChI is InChI=1S/C27H25F3N4O4S/c1-39(38)13-12-32-23(36)16-33-25(18-10-8-17(15-31)9-11-18)24-21(6-3-7-22(24)35)34(26(33)37)20-5-2-4-19(14-20)27(28,29)30/h2,4-5,8-11,14,25H,3,6-7,12-13,16H2,1H3,(H,32,36). The molecular weight excluding hydrogens is 533 g/mol. The Morgan fingerprint density at radius 3 is 2.51 bits per heavy atom. The molecule has 204 valence electrons. The zero-order chi connectivity index (χ0) is 28.3. The van der Waals surface area contributed by atoms with Crippen molar-refractivity contribution >= 4 is 34.2 Å². The van der Waals surface area contributed by atoms with Crippen LogP contribution in [0.15, 0.2) is 59.8 Å². The number of nitrogens with zero attached hydrogens (tertiary/aromatic N) is 3. The van der Waals surface area contributed by atoms with E-state index >= 15 is 0 Å². The molecule has 2 atom stereocenters. The third kappa shape index (κ3) is 6.04. The maximum atomic E-state index is 14.0. The normalized spacial score (nSPS) is 18.5. The molecule has 0 radical (unpaired) electrons. The summed E-state index contributed by atoms with van der Waals surface area (Å²) in [6, 6.07) is 10.8. The van der Waals surface area contributed by atoms with Gasteiger partial charge in [-0.25, -0.2) is 4.79 Å². The SMILES string of the molecule is CS(=O)CCNC(=O)CN1C(=O)N(c2cccc(C(F)(F)F)c2)C2=C(C(=O)CCC2)C1c1ccc(C#N)cc1. The van der Waals surface area contributed by atoms with E-state index in [0.29, 0.717) is 23.2 Å². The minimum atomic E-state index is -4.65. The zero-order valence-corrected chi connectivity index (χ0v) is 21.8. The van der Waals surface area contributed by atoms with Crippen molar-refractivity contribution in [1.82, 2.24) is 10.2 Å². The Labute approximate surface area is 225 Å². The summed E-state index contributed by atoms with van der Waals surface area (Å²) in [5, 5.41) is 11.8. The minimum absolute atomic E-state index is 0.0675. The van der Waals surface area contributed by atoms with Gasteiger partial charge in [0.2, 0.25) is 5.91 Å². The largest absolute Gasteiger partial charge is 0.416 e. The highest BCUT2D eigenvalue weighted by atomic mass is 32.2. The lowest BCUT2D eigenvalue weighted by Gasteiger charge is -2.45. The number of hydrogen-bond donors (Lipinski definition) is 1. The van der Waals surface area contributed by atoms with E-state index in [4.69, 9.17) is 0 Å². The Bertz CT molecular complexity index is 1400. The van der Waals surface area contributed by atoms with Crippen LogP contribution in [0.2, 0.25) is 0 Å². The van der Waals surface area contributed by atoms with Gasteiger partial charge >= 0.3 is 12.2 Å². The lowest BCUT2D eigenvalue weighted by atomic mass is 9.83. The molecule has 0 saturated heterocycles. The van der Waals surface area contributed by atoms with E-state index in [1.807, 2.05) is 6.07 Å². The summed E-state index contributed by atoms with van der Waals surface area (Å²) in [6.07, 6.45) is -2.30. The molecule has 12 heteroatoms. The fourth-order valence-corrected chi connectivity index (χ4v) is 5.17. The summed E-state index contributed by atoms with van der Waals surface area (Å²) in [5.41, 5.74) is 0.336. The quantitative estimate of drug-likeness (QED) is 0.551. The first-order valence-corrected chi connectivity index (χ1v) is 13.8. The Morgan fingerprint density at radius 1 is 1.15 bits per heavy atom. The van der Waals surface area contributed by atoms with Gasteiger partial charge in [-0.05, 0) is 48.7 Å². The molecule has 1 N–H and O–H groups in total. The second kappa shape index (κ2) is 11.4. The number of alkyl halides is 3. The number of anilines is 1. The van der Waals surface area contributed by atoms with E-state index in [2.05, 4.69) is 5.32 Å². The molecule has 1 aliphatic carbocycles. The summed E-state index contributed by atoms with van der Waals surface area (Å²) < 4.78 is 51.9. The maximum absolute atomic E-state index is 14.0. The molecule has 2 aliphatic rings. The summed E-state index contributed by atoms with van der Waals surface area (Å²) in [7, 11) is -1.16. The predicted octanol–water partition coefficient (Wildman–Crippen LogP) is 4.06. The average molecular weight is 559 g/mol. The lowest BCUT2D eigenvalue weighted by Crippen LogP contribution is -2.54. The molecule has 2 aromatic rings. The molecule has 1 heterocycles. The molecular formula is C27H25F3N4O4S. The molecule has 0 fully saturated rings. The first-order valence-electron chi connectivity index (χ1n) is 12.1. The lowest BCUT2D eigenvalue weighted by molar-refractivity contribution is -0.137. The number of Topliss-reactive ketones (excluding diaryl/α,β-unsaturated/α-hetero) is 1. The van der Waals surface area contributed by atoms with Crippen LogP contribution in [-0.4, -0.2) is 51.9 Å². The number of halogens is 3. The van der Waals surface area contributed by atoms with Gasteiger partial charge in [-0.2, -0.15) is 18.4 Å². The number of ketones is 1. The van der Waals surface area contributed by atoms with Crippen LogP contribution in [-0.2, 0) is 26.6 Å². The number of nitriles is 1. The van der Waals surface area contributed by atoms with Crippen molar-refractivity contribution in [3.8, 4) is 6.07 Å². The van der Waals surface area contributed by atoms with E-state index in [1.54, 1.807) is 12.1 Å². The third-order valence-corrected chi connectivity index (χ3v) is 7.31. The van der Waals surface area contributed by atoms with Gasteiger partial charge in [0.15, 0.2) is 5.78 Å². The van der Waals surface area contributed by atoms with Crippen LogP contribution >= 0.6 is 0 Å². The van der Waals surface area contributed by atoms with Crippen LogP contribution in [0.3, 0.4) is 0 Å². The first-order chi connectivity index (χ1) is 18.5. The second-order valence-corrected chi connectivity index (χ2v) is 10.7. The van der Waals surface area contributed by atoms with Crippen molar-refractivity contribution in [3.63, 3.8) is 0 Å². The Kier molecular flexibility index (Phi) is 8.20. The van der Waals surface area contributed by atoms with Gasteiger partial charge in [-0.15, -0.1) is 0 Å². The van der Waals surface area contributed by atoms with Crippen molar-refractivity contribution in [2.45, 2.75) is 31.5 Å². The van der Waals surface area contributed by atoms with Gasteiger partial charge in [0.25, 0.3) is 0 Å². The third-order valence-electron chi connectivity index (χ3n) is 6.53. The van der Waals surface area contributed by atoms with Crippen molar-refractivity contribution in [2.75, 3.05) is 30.0 Å². The summed E-state index contributed by atoms with van der Waals surface area (Å²) in [4.78, 5) is 42.5. The van der Waals surface area contributed by atoms with Crippen LogP contribution in [0, 0.1) is 11.3 Å². The highest BCUT2D eigenvalue weighted by Crippen LogP contribution is 2.44. The summed E-state index contributed by atoms with van der Waals surface area (Å²) in [6.45, 7) is -0.408. The number of amides is 3. The number of benzene rings is 2. The molecule has 2 unspecified atom stereocenters. The van der Waals surface area contributed by atoms with Crippen molar-refractivity contribution in [3.05, 3.63) is 76.5 Å². The molecule has 1 aliphatic heterocycles. The zero-order valence-electron chi connectivity index (χ0n) is 21.0. The minimum Gasteiger partial charge on any atom is -0.354 e. The molecule has 0 bridgehead atoms. The van der Waals surface area contributed by atoms with Crippen LogP contribution in [0.25, 0.3) is 0 Å². The molecule has 0 aromatic heterocycles. The summed E-state index contributed by atoms with van der Waals surface area (Å²) >= 11 is 0. The van der Waals surface area contributed by atoms with Crippen LogP contribution in [0.4, 0.5) is 23.7 Å². The molecule has 3 amide bonds. The number of carbonyl (C=O) groups excluding carboxylic acids is 3. The number of carbonyl (C=O) groups is 3. The predicted molar refractivity (Wildman–Crippen MR) is 138 cm³/mol. The Hall–Kier alpha value is -3.98. The van der Waals surface area contributed by atoms with E-state index in [9.17, 15) is 37.0 Å². The highest BCUT2D eigenvalue weighted by molar-refractivity contribution is 7.84. The Balaban J connectivity index is 1.85. The van der Waals surface area contributed by atoms with Crippen LogP contribution in [0.5, 0.6) is 0 Å². The highest BCUT2D eigenvalue weighted by Gasteiger charge is 2.45. The fraction of sp³-hybridized carbons (Fsp3) is 0.333. The molecule has 8 nitrogen and oxygen atoms in total.